The van der Waals surface area contributed by atoms with Crippen LogP contribution in [-0.2, 0) is 0 Å². The summed E-state index contributed by atoms with van der Waals surface area (Å²) in [7, 11) is 0. The van der Waals surface area contributed by atoms with Crippen LogP contribution in [0.5, 0.6) is 0 Å². The Hall–Kier alpha value is -2.08. The predicted molar refractivity (Wildman–Crippen MR) is 105 cm³/mol. The highest BCUT2D eigenvalue weighted by Crippen LogP contribution is 2.10. The number of nitrogens with one attached hydrogen (secondary N) is 1. The van der Waals surface area contributed by atoms with Gasteiger partial charge in [-0.1, -0.05) is 47.5 Å². The Bertz CT molecular complexity index is 737. The Kier molecular flexibility index (Phi) is 8.26. The molecule has 3 N–H and O–H groups in total. The smallest absolute Gasteiger partial charge is 0.234 e. The average Bonchev–Trinajstić information content (AvgIpc) is 2.55. The minimum atomic E-state index is 0. The number of hydrazone groups is 1. The molecule has 0 aromatic heterocycles. The topological polar surface area (TPSA) is 75.1 Å². The van der Waals surface area contributed by atoms with Crippen LogP contribution in [0.3, 0.4) is 0 Å². The van der Waals surface area contributed by atoms with E-state index >= 15 is 0 Å². The van der Waals surface area contributed by atoms with Crippen LogP contribution in [-0.4, -0.2) is 17.9 Å². The van der Waals surface area contributed by atoms with Crippen LogP contribution < -0.4 is 11.2 Å². The molecule has 0 fully saturated rings. The first-order valence-electron chi connectivity index (χ1n) is 6.73. The monoisotopic (exact) mass is 383 g/mol. The zero-order chi connectivity index (χ0) is 16.7. The Labute approximate surface area is 156 Å². The molecule has 2 aromatic carbocycles. The van der Waals surface area contributed by atoms with Crippen molar-refractivity contribution >= 4 is 53.5 Å². The number of benzene rings is 2. The summed E-state index contributed by atoms with van der Waals surface area (Å²) in [6, 6.07) is 14.5. The van der Waals surface area contributed by atoms with Gasteiger partial charge in [0.05, 0.1) is 11.9 Å². The van der Waals surface area contributed by atoms with Gasteiger partial charge in [0.15, 0.2) is 0 Å². The molecule has 0 aliphatic heterocycles. The maximum absolute atomic E-state index is 5.84. The Balaban J connectivity index is 0.00000288. The third kappa shape index (κ3) is 6.58. The third-order valence-corrected chi connectivity index (χ3v) is 3.34. The summed E-state index contributed by atoms with van der Waals surface area (Å²) in [6.07, 6.45) is 1.61. The molecule has 0 aliphatic carbocycles. The summed E-state index contributed by atoms with van der Waals surface area (Å²) < 4.78 is 0. The van der Waals surface area contributed by atoms with Crippen molar-refractivity contribution < 1.29 is 0 Å². The van der Waals surface area contributed by atoms with E-state index in [1.165, 1.54) is 0 Å². The molecule has 24 heavy (non-hydrogen) atoms. The molecule has 0 radical (unpaired) electrons. The molecule has 126 valence electrons. The van der Waals surface area contributed by atoms with Gasteiger partial charge in [0, 0.05) is 10.0 Å². The Morgan fingerprint density at radius 2 is 1.50 bits per heavy atom. The molecule has 0 saturated carbocycles. The highest BCUT2D eigenvalue weighted by Gasteiger charge is 1.97. The first kappa shape index (κ1) is 20.0. The van der Waals surface area contributed by atoms with Crippen LogP contribution in [0.4, 0.5) is 0 Å². The lowest BCUT2D eigenvalue weighted by Gasteiger charge is -2.00. The summed E-state index contributed by atoms with van der Waals surface area (Å²) in [6.45, 7) is 1.83. The molecule has 2 rings (SSSR count). The molecule has 8 heteroatoms. The lowest BCUT2D eigenvalue weighted by atomic mass is 10.1. The van der Waals surface area contributed by atoms with Crippen LogP contribution >= 0.6 is 35.6 Å². The number of nitrogens with two attached hydrogens (primary N) is 1. The van der Waals surface area contributed by atoms with Crippen LogP contribution in [0, 0.1) is 0 Å². The molecule has 2 aromatic rings. The second-order valence-corrected chi connectivity index (χ2v) is 5.47. The van der Waals surface area contributed by atoms with Crippen LogP contribution in [0.1, 0.15) is 18.1 Å². The quantitative estimate of drug-likeness (QED) is 0.473. The van der Waals surface area contributed by atoms with Crippen LogP contribution in [0.2, 0.25) is 10.0 Å². The molecule has 0 spiro atoms. The third-order valence-electron chi connectivity index (χ3n) is 2.83. The molecular formula is C16H16Cl3N5. The number of rotatable bonds is 4. The molecule has 0 atom stereocenters. The van der Waals surface area contributed by atoms with Crippen molar-refractivity contribution in [2.45, 2.75) is 6.92 Å². The number of nitrogens with zero attached hydrogens (tertiary/aromatic N) is 3. The van der Waals surface area contributed by atoms with Crippen molar-refractivity contribution in [1.29, 1.82) is 0 Å². The van der Waals surface area contributed by atoms with Gasteiger partial charge in [-0.2, -0.15) is 10.2 Å². The second-order valence-electron chi connectivity index (χ2n) is 4.60. The summed E-state index contributed by atoms with van der Waals surface area (Å²) in [5, 5.41) is 13.2. The first-order valence-corrected chi connectivity index (χ1v) is 7.48. The Morgan fingerprint density at radius 3 is 2.08 bits per heavy atom. The summed E-state index contributed by atoms with van der Waals surface area (Å²) in [4.78, 5) is 0. The number of guanidine groups is 1. The normalized spacial score (nSPS) is 12.1. The van der Waals surface area contributed by atoms with E-state index in [1.807, 2.05) is 31.2 Å². The lowest BCUT2D eigenvalue weighted by molar-refractivity contribution is 0.992. The average molecular weight is 385 g/mol. The van der Waals surface area contributed by atoms with Crippen molar-refractivity contribution in [2.24, 2.45) is 21.0 Å². The van der Waals surface area contributed by atoms with E-state index in [4.69, 9.17) is 28.9 Å². The van der Waals surface area contributed by atoms with E-state index in [-0.39, 0.29) is 18.4 Å². The van der Waals surface area contributed by atoms with E-state index in [2.05, 4.69) is 20.7 Å². The minimum absolute atomic E-state index is 0. The van der Waals surface area contributed by atoms with Gasteiger partial charge in [0.1, 0.15) is 0 Å². The second kappa shape index (κ2) is 9.93. The standard InChI is InChI=1S/C16H15Cl2N5.ClH/c1-11(13-4-8-15(18)9-5-13)21-23-16(19)22-20-10-12-2-6-14(17)7-3-12;/h2-10H,1H3,(H3,19,22,23);1H. The fraction of sp³-hybridized carbons (Fsp3) is 0.0625. The van der Waals surface area contributed by atoms with Gasteiger partial charge in [-0.15, -0.1) is 17.5 Å². The SMILES string of the molecule is CC(=NN=C(N)NN=Cc1ccc(Cl)cc1)c1ccc(Cl)cc1.Cl. The summed E-state index contributed by atoms with van der Waals surface area (Å²) >= 11 is 11.6. The molecule has 0 unspecified atom stereocenters. The predicted octanol–water partition coefficient (Wildman–Crippen LogP) is 4.08. The van der Waals surface area contributed by atoms with Crippen molar-refractivity contribution in [3.63, 3.8) is 0 Å². The van der Waals surface area contributed by atoms with Crippen molar-refractivity contribution in [3.8, 4) is 0 Å². The van der Waals surface area contributed by atoms with Gasteiger partial charge in [-0.25, -0.2) is 5.43 Å². The molecule has 5 nitrogen and oxygen atoms in total. The maximum atomic E-state index is 5.84. The first-order chi connectivity index (χ1) is 11.0. The summed E-state index contributed by atoms with van der Waals surface area (Å²) in [5.41, 5.74) is 10.8. The van der Waals surface area contributed by atoms with Gasteiger partial charge in [-0.3, -0.25) is 0 Å². The fourth-order valence-corrected chi connectivity index (χ4v) is 1.87. The molecule has 0 heterocycles. The van der Waals surface area contributed by atoms with Gasteiger partial charge < -0.3 is 5.73 Å². The zero-order valence-electron chi connectivity index (χ0n) is 12.8. The van der Waals surface area contributed by atoms with Crippen LogP contribution in [0.25, 0.3) is 0 Å². The van der Waals surface area contributed by atoms with Gasteiger partial charge in [0.25, 0.3) is 0 Å². The molecule has 0 saturated heterocycles. The van der Waals surface area contributed by atoms with Gasteiger partial charge in [-0.05, 0) is 42.3 Å². The van der Waals surface area contributed by atoms with E-state index in [0.29, 0.717) is 15.8 Å². The maximum Gasteiger partial charge on any atom is 0.234 e. The van der Waals surface area contributed by atoms with Crippen molar-refractivity contribution in [1.82, 2.24) is 5.43 Å². The zero-order valence-corrected chi connectivity index (χ0v) is 15.1. The number of halogens is 3. The van der Waals surface area contributed by atoms with Crippen molar-refractivity contribution in [3.05, 3.63) is 69.7 Å². The fourth-order valence-electron chi connectivity index (χ4n) is 1.62. The highest BCUT2D eigenvalue weighted by molar-refractivity contribution is 6.31. The van der Waals surface area contributed by atoms with Gasteiger partial charge >= 0.3 is 0 Å². The highest BCUT2D eigenvalue weighted by atomic mass is 35.5. The number of hydrogen-bond acceptors (Lipinski definition) is 3. The van der Waals surface area contributed by atoms with E-state index < -0.39 is 0 Å². The molecule has 0 aliphatic rings. The number of hydrogen-bond donors (Lipinski definition) is 2. The molecule has 0 bridgehead atoms. The minimum Gasteiger partial charge on any atom is -0.367 e. The summed E-state index contributed by atoms with van der Waals surface area (Å²) in [5.74, 6) is 0.0866. The molecule has 0 amide bonds. The van der Waals surface area contributed by atoms with Crippen molar-refractivity contribution in [2.75, 3.05) is 0 Å². The molecular weight excluding hydrogens is 369 g/mol. The Morgan fingerprint density at radius 1 is 0.958 bits per heavy atom. The van der Waals surface area contributed by atoms with Crippen LogP contribution in [0.15, 0.2) is 63.8 Å². The lowest BCUT2D eigenvalue weighted by Crippen LogP contribution is -2.26. The van der Waals surface area contributed by atoms with E-state index in [1.54, 1.807) is 30.5 Å². The van der Waals surface area contributed by atoms with E-state index in [9.17, 15) is 0 Å². The largest absolute Gasteiger partial charge is 0.367 e. The van der Waals surface area contributed by atoms with Gasteiger partial charge in [0.2, 0.25) is 5.96 Å². The van der Waals surface area contributed by atoms with E-state index in [0.717, 1.165) is 11.1 Å².